The van der Waals surface area contributed by atoms with Gasteiger partial charge in [0, 0.05) is 5.56 Å². The van der Waals surface area contributed by atoms with Gasteiger partial charge in [0.1, 0.15) is 10.6 Å². The summed E-state index contributed by atoms with van der Waals surface area (Å²) >= 11 is 11.7. The largest absolute Gasteiger partial charge is 0.454 e. The Labute approximate surface area is 189 Å². The summed E-state index contributed by atoms with van der Waals surface area (Å²) in [6, 6.07) is 15.9. The van der Waals surface area contributed by atoms with Crippen LogP contribution in [-0.4, -0.2) is 26.8 Å². The molecule has 3 aromatic rings. The van der Waals surface area contributed by atoms with Crippen LogP contribution >= 0.6 is 23.2 Å². The SMILES string of the molecule is Cc1ccc(S(=O)(=O)Oc2ccc(C(=O)COC(=O)c3ccc(Cl)c(Cl)c3)cc2)cc1. The lowest BCUT2D eigenvalue weighted by atomic mass is 10.1. The molecule has 3 aromatic carbocycles. The van der Waals surface area contributed by atoms with Crippen molar-refractivity contribution in [3.8, 4) is 5.75 Å². The van der Waals surface area contributed by atoms with Crippen molar-refractivity contribution in [2.75, 3.05) is 6.61 Å². The first-order chi connectivity index (χ1) is 14.7. The maximum absolute atomic E-state index is 12.3. The molecular formula is C22H16Cl2O6S. The van der Waals surface area contributed by atoms with Gasteiger partial charge in [0.2, 0.25) is 0 Å². The van der Waals surface area contributed by atoms with Gasteiger partial charge < -0.3 is 8.92 Å². The molecule has 0 aromatic heterocycles. The van der Waals surface area contributed by atoms with Crippen LogP contribution in [0.5, 0.6) is 5.75 Å². The highest BCUT2D eigenvalue weighted by molar-refractivity contribution is 7.87. The third-order valence-electron chi connectivity index (χ3n) is 4.18. The van der Waals surface area contributed by atoms with Crippen LogP contribution in [0.4, 0.5) is 0 Å². The average Bonchev–Trinajstić information content (AvgIpc) is 2.74. The second-order valence-corrected chi connectivity index (χ2v) is 8.86. The maximum atomic E-state index is 12.3. The monoisotopic (exact) mass is 478 g/mol. The molecule has 0 atom stereocenters. The highest BCUT2D eigenvalue weighted by Crippen LogP contribution is 2.23. The Morgan fingerprint density at radius 1 is 0.839 bits per heavy atom. The minimum absolute atomic E-state index is 0.0208. The zero-order valence-corrected chi connectivity index (χ0v) is 18.5. The number of halogens is 2. The molecule has 0 bridgehead atoms. The van der Waals surface area contributed by atoms with E-state index in [9.17, 15) is 18.0 Å². The molecule has 0 fully saturated rings. The van der Waals surface area contributed by atoms with Crippen LogP contribution in [0.25, 0.3) is 0 Å². The van der Waals surface area contributed by atoms with Crippen LogP contribution in [0, 0.1) is 6.92 Å². The van der Waals surface area contributed by atoms with Crippen LogP contribution in [0.2, 0.25) is 10.0 Å². The number of hydrogen-bond acceptors (Lipinski definition) is 6. The molecule has 0 heterocycles. The molecule has 31 heavy (non-hydrogen) atoms. The Morgan fingerprint density at radius 3 is 2.06 bits per heavy atom. The van der Waals surface area contributed by atoms with Crippen molar-refractivity contribution in [2.45, 2.75) is 11.8 Å². The van der Waals surface area contributed by atoms with Crippen molar-refractivity contribution in [3.05, 3.63) is 93.5 Å². The molecule has 0 N–H and O–H groups in total. The maximum Gasteiger partial charge on any atom is 0.339 e. The smallest absolute Gasteiger partial charge is 0.339 e. The molecule has 6 nitrogen and oxygen atoms in total. The summed E-state index contributed by atoms with van der Waals surface area (Å²) in [5.74, 6) is -1.15. The predicted octanol–water partition coefficient (Wildman–Crippen LogP) is 5.11. The zero-order chi connectivity index (χ0) is 22.6. The van der Waals surface area contributed by atoms with Gasteiger partial charge in [0.15, 0.2) is 12.4 Å². The van der Waals surface area contributed by atoms with Gasteiger partial charge >= 0.3 is 16.1 Å². The van der Waals surface area contributed by atoms with Gasteiger partial charge in [-0.3, -0.25) is 4.79 Å². The molecule has 0 radical (unpaired) electrons. The van der Waals surface area contributed by atoms with Crippen molar-refractivity contribution in [3.63, 3.8) is 0 Å². The van der Waals surface area contributed by atoms with Crippen molar-refractivity contribution < 1.29 is 26.9 Å². The summed E-state index contributed by atoms with van der Waals surface area (Å²) in [5, 5.41) is 0.486. The van der Waals surface area contributed by atoms with Crippen LogP contribution in [0.3, 0.4) is 0 Å². The number of carbonyl (C=O) groups is 2. The number of ether oxygens (including phenoxy) is 1. The lowest BCUT2D eigenvalue weighted by molar-refractivity contribution is 0.0474. The lowest BCUT2D eigenvalue weighted by Crippen LogP contribution is -2.14. The number of esters is 1. The van der Waals surface area contributed by atoms with Crippen LogP contribution in [0.15, 0.2) is 71.6 Å². The first-order valence-corrected chi connectivity index (χ1v) is 11.1. The number of rotatable bonds is 7. The normalized spacial score (nSPS) is 11.1. The topological polar surface area (TPSA) is 86.7 Å². The standard InChI is InChI=1S/C22H16Cl2O6S/c1-14-2-9-18(10-3-14)31(27,28)30-17-7-4-15(5-8-17)21(25)13-29-22(26)16-6-11-19(23)20(24)12-16/h2-12H,13H2,1H3. The van der Waals surface area contributed by atoms with E-state index in [0.717, 1.165) is 5.56 Å². The molecule has 0 unspecified atom stereocenters. The van der Waals surface area contributed by atoms with Gasteiger partial charge in [-0.1, -0.05) is 40.9 Å². The molecule has 0 aliphatic carbocycles. The molecule has 0 aliphatic rings. The summed E-state index contributed by atoms with van der Waals surface area (Å²) in [4.78, 5) is 24.3. The lowest BCUT2D eigenvalue weighted by Gasteiger charge is -2.08. The molecule has 3 rings (SSSR count). The van der Waals surface area contributed by atoms with Crippen molar-refractivity contribution in [2.24, 2.45) is 0 Å². The minimum Gasteiger partial charge on any atom is -0.454 e. The fourth-order valence-corrected chi connectivity index (χ4v) is 3.73. The van der Waals surface area contributed by atoms with Crippen LogP contribution in [0.1, 0.15) is 26.3 Å². The first-order valence-electron chi connectivity index (χ1n) is 8.92. The number of hydrogen-bond donors (Lipinski definition) is 0. The molecular weight excluding hydrogens is 463 g/mol. The van der Waals surface area contributed by atoms with E-state index in [-0.39, 0.29) is 26.8 Å². The van der Waals surface area contributed by atoms with E-state index >= 15 is 0 Å². The van der Waals surface area contributed by atoms with Gasteiger partial charge in [-0.05, 0) is 61.5 Å². The summed E-state index contributed by atoms with van der Waals surface area (Å²) in [7, 11) is -4.00. The number of aryl methyl sites for hydroxylation is 1. The predicted molar refractivity (Wildman–Crippen MR) is 117 cm³/mol. The van der Waals surface area contributed by atoms with E-state index < -0.39 is 28.5 Å². The van der Waals surface area contributed by atoms with Crippen LogP contribution in [-0.2, 0) is 14.9 Å². The number of ketones is 1. The highest BCUT2D eigenvalue weighted by Gasteiger charge is 2.17. The molecule has 0 aliphatic heterocycles. The Hall–Kier alpha value is -2.87. The molecule has 9 heteroatoms. The fraction of sp³-hybridized carbons (Fsp3) is 0.0909. The fourth-order valence-electron chi connectivity index (χ4n) is 2.50. The molecule has 0 spiro atoms. The minimum atomic E-state index is -4.00. The van der Waals surface area contributed by atoms with Crippen LogP contribution < -0.4 is 4.18 Å². The van der Waals surface area contributed by atoms with Gasteiger partial charge in [-0.15, -0.1) is 0 Å². The quantitative estimate of drug-likeness (QED) is 0.266. The van der Waals surface area contributed by atoms with E-state index in [1.165, 1.54) is 54.6 Å². The van der Waals surface area contributed by atoms with E-state index in [0.29, 0.717) is 5.02 Å². The van der Waals surface area contributed by atoms with E-state index in [1.54, 1.807) is 12.1 Å². The van der Waals surface area contributed by atoms with Gasteiger partial charge in [-0.25, -0.2) is 4.79 Å². The van der Waals surface area contributed by atoms with Gasteiger partial charge in [0.25, 0.3) is 0 Å². The summed E-state index contributed by atoms with van der Waals surface area (Å²) in [5.41, 5.74) is 1.30. The average molecular weight is 479 g/mol. The Kier molecular flexibility index (Phi) is 7.00. The third-order valence-corrected chi connectivity index (χ3v) is 6.18. The van der Waals surface area contributed by atoms with Crippen molar-refractivity contribution in [1.82, 2.24) is 0 Å². The van der Waals surface area contributed by atoms with E-state index in [1.807, 2.05) is 6.92 Å². The molecule has 0 saturated heterocycles. The molecule has 160 valence electrons. The van der Waals surface area contributed by atoms with Gasteiger partial charge in [0.05, 0.1) is 15.6 Å². The highest BCUT2D eigenvalue weighted by atomic mass is 35.5. The summed E-state index contributed by atoms with van der Waals surface area (Å²) in [6.45, 7) is 1.34. The zero-order valence-electron chi connectivity index (χ0n) is 16.2. The third kappa shape index (κ3) is 5.85. The Bertz CT molecular complexity index is 1220. The van der Waals surface area contributed by atoms with E-state index in [4.69, 9.17) is 32.1 Å². The Morgan fingerprint density at radius 2 is 1.45 bits per heavy atom. The molecule has 0 amide bonds. The van der Waals surface area contributed by atoms with Crippen molar-refractivity contribution >= 4 is 45.1 Å². The summed E-state index contributed by atoms with van der Waals surface area (Å²) in [6.07, 6.45) is 0. The number of Topliss-reactive ketones (excluding diaryl/α,β-unsaturated/α-hetero) is 1. The Balaban J connectivity index is 1.61. The van der Waals surface area contributed by atoms with Crippen molar-refractivity contribution in [1.29, 1.82) is 0 Å². The summed E-state index contributed by atoms with van der Waals surface area (Å²) < 4.78 is 34.7. The second-order valence-electron chi connectivity index (χ2n) is 6.50. The molecule has 0 saturated carbocycles. The van der Waals surface area contributed by atoms with E-state index in [2.05, 4.69) is 0 Å². The second kappa shape index (κ2) is 9.51. The number of benzene rings is 3. The first kappa shape index (κ1) is 22.8. The van der Waals surface area contributed by atoms with Gasteiger partial charge in [-0.2, -0.15) is 8.42 Å². The number of carbonyl (C=O) groups excluding carboxylic acids is 2.